The molecule has 19 heavy (non-hydrogen) atoms. The standard InChI is InChI=1S/C15H21NO3/c1-18-14-6-5-13(12-17)11-15(14)19-10-9-16-7-3-2-4-8-16/h5-6,11-12H,2-4,7-10H2,1H3. The molecule has 1 aliphatic heterocycles. The zero-order valence-electron chi connectivity index (χ0n) is 11.4. The molecule has 1 aromatic rings. The van der Waals surface area contributed by atoms with Crippen LogP contribution in [0.5, 0.6) is 11.5 Å². The normalized spacial score (nSPS) is 16.1. The minimum Gasteiger partial charge on any atom is -0.493 e. The van der Waals surface area contributed by atoms with Crippen molar-refractivity contribution in [3.63, 3.8) is 0 Å². The fourth-order valence-corrected chi connectivity index (χ4v) is 2.35. The number of likely N-dealkylation sites (tertiary alicyclic amines) is 1. The Morgan fingerprint density at radius 3 is 2.68 bits per heavy atom. The van der Waals surface area contributed by atoms with E-state index in [-0.39, 0.29) is 0 Å². The van der Waals surface area contributed by atoms with Gasteiger partial charge in [-0.3, -0.25) is 9.69 Å². The van der Waals surface area contributed by atoms with E-state index in [4.69, 9.17) is 9.47 Å². The number of hydrogen-bond donors (Lipinski definition) is 0. The highest BCUT2D eigenvalue weighted by atomic mass is 16.5. The molecule has 0 unspecified atom stereocenters. The summed E-state index contributed by atoms with van der Waals surface area (Å²) in [6.07, 6.45) is 4.72. The Hall–Kier alpha value is -1.55. The van der Waals surface area contributed by atoms with Crippen LogP contribution < -0.4 is 9.47 Å². The Morgan fingerprint density at radius 1 is 1.21 bits per heavy atom. The molecule has 1 saturated heterocycles. The fraction of sp³-hybridized carbons (Fsp3) is 0.533. The largest absolute Gasteiger partial charge is 0.493 e. The lowest BCUT2D eigenvalue weighted by atomic mass is 10.1. The van der Waals surface area contributed by atoms with E-state index < -0.39 is 0 Å². The monoisotopic (exact) mass is 263 g/mol. The van der Waals surface area contributed by atoms with Gasteiger partial charge in [-0.05, 0) is 44.1 Å². The van der Waals surface area contributed by atoms with E-state index in [1.54, 1.807) is 25.3 Å². The first-order valence-electron chi connectivity index (χ1n) is 6.82. The summed E-state index contributed by atoms with van der Waals surface area (Å²) in [5.74, 6) is 1.31. The van der Waals surface area contributed by atoms with Gasteiger partial charge in [-0.2, -0.15) is 0 Å². The van der Waals surface area contributed by atoms with E-state index in [0.29, 0.717) is 23.7 Å². The number of rotatable bonds is 6. The van der Waals surface area contributed by atoms with Gasteiger partial charge in [0, 0.05) is 12.1 Å². The summed E-state index contributed by atoms with van der Waals surface area (Å²) in [4.78, 5) is 13.2. The molecular weight excluding hydrogens is 242 g/mol. The summed E-state index contributed by atoms with van der Waals surface area (Å²) < 4.78 is 11.0. The Bertz CT molecular complexity index is 414. The van der Waals surface area contributed by atoms with Gasteiger partial charge in [-0.1, -0.05) is 6.42 Å². The van der Waals surface area contributed by atoms with Crippen LogP contribution in [0.25, 0.3) is 0 Å². The van der Waals surface area contributed by atoms with Gasteiger partial charge in [-0.25, -0.2) is 0 Å². The third-order valence-electron chi connectivity index (χ3n) is 3.44. The second-order valence-corrected chi connectivity index (χ2v) is 4.78. The maximum absolute atomic E-state index is 10.8. The van der Waals surface area contributed by atoms with Crippen molar-refractivity contribution in [2.75, 3.05) is 33.4 Å². The number of benzene rings is 1. The van der Waals surface area contributed by atoms with Crippen molar-refractivity contribution in [2.45, 2.75) is 19.3 Å². The van der Waals surface area contributed by atoms with Crippen LogP contribution in [0.3, 0.4) is 0 Å². The van der Waals surface area contributed by atoms with Crippen LogP contribution in [0.15, 0.2) is 18.2 Å². The highest BCUT2D eigenvalue weighted by Crippen LogP contribution is 2.27. The average Bonchev–Trinajstić information content (AvgIpc) is 2.48. The summed E-state index contributed by atoms with van der Waals surface area (Å²) in [5.41, 5.74) is 0.605. The molecule has 0 bridgehead atoms. The Labute approximate surface area is 114 Å². The minimum absolute atomic E-state index is 0.605. The van der Waals surface area contributed by atoms with Crippen molar-refractivity contribution in [1.82, 2.24) is 4.90 Å². The molecule has 1 aliphatic rings. The van der Waals surface area contributed by atoms with Gasteiger partial charge in [0.05, 0.1) is 7.11 Å². The number of hydrogen-bond acceptors (Lipinski definition) is 4. The second kappa shape index (κ2) is 7.14. The maximum atomic E-state index is 10.8. The van der Waals surface area contributed by atoms with Crippen molar-refractivity contribution >= 4 is 6.29 Å². The number of nitrogens with zero attached hydrogens (tertiary/aromatic N) is 1. The molecule has 4 heteroatoms. The first-order chi connectivity index (χ1) is 9.33. The summed E-state index contributed by atoms with van der Waals surface area (Å²) >= 11 is 0. The molecule has 0 amide bonds. The molecular formula is C15H21NO3. The quantitative estimate of drug-likeness (QED) is 0.739. The molecule has 1 aromatic carbocycles. The van der Waals surface area contributed by atoms with Crippen LogP contribution in [0.4, 0.5) is 0 Å². The van der Waals surface area contributed by atoms with E-state index in [0.717, 1.165) is 25.9 Å². The molecule has 0 aromatic heterocycles. The van der Waals surface area contributed by atoms with Crippen molar-refractivity contribution in [3.05, 3.63) is 23.8 Å². The SMILES string of the molecule is COc1ccc(C=O)cc1OCCN1CCCCC1. The molecule has 0 aliphatic carbocycles. The van der Waals surface area contributed by atoms with Crippen molar-refractivity contribution < 1.29 is 14.3 Å². The number of aldehydes is 1. The van der Waals surface area contributed by atoms with Crippen molar-refractivity contribution in [2.24, 2.45) is 0 Å². The summed E-state index contributed by atoms with van der Waals surface area (Å²) in [7, 11) is 1.60. The molecule has 4 nitrogen and oxygen atoms in total. The lowest BCUT2D eigenvalue weighted by molar-refractivity contribution is 0.112. The zero-order chi connectivity index (χ0) is 13.5. The predicted octanol–water partition coefficient (Wildman–Crippen LogP) is 2.37. The fourth-order valence-electron chi connectivity index (χ4n) is 2.35. The van der Waals surface area contributed by atoms with Gasteiger partial charge in [0.2, 0.25) is 0 Å². The zero-order valence-corrected chi connectivity index (χ0v) is 11.4. The molecule has 1 fully saturated rings. The van der Waals surface area contributed by atoms with Gasteiger partial charge in [0.15, 0.2) is 11.5 Å². The molecule has 0 saturated carbocycles. The van der Waals surface area contributed by atoms with Crippen molar-refractivity contribution in [1.29, 1.82) is 0 Å². The van der Waals surface area contributed by atoms with Gasteiger partial charge in [0.25, 0.3) is 0 Å². The van der Waals surface area contributed by atoms with Crippen LogP contribution in [-0.2, 0) is 0 Å². The van der Waals surface area contributed by atoms with Crippen molar-refractivity contribution in [3.8, 4) is 11.5 Å². The van der Waals surface area contributed by atoms with Crippen LogP contribution in [0, 0.1) is 0 Å². The number of piperidine rings is 1. The van der Waals surface area contributed by atoms with Gasteiger partial charge < -0.3 is 9.47 Å². The second-order valence-electron chi connectivity index (χ2n) is 4.78. The molecule has 0 spiro atoms. The number of carbonyl (C=O) groups is 1. The lowest BCUT2D eigenvalue weighted by Crippen LogP contribution is -2.33. The van der Waals surface area contributed by atoms with Gasteiger partial charge >= 0.3 is 0 Å². The topological polar surface area (TPSA) is 38.8 Å². The van der Waals surface area contributed by atoms with Gasteiger partial charge in [0.1, 0.15) is 12.9 Å². The van der Waals surface area contributed by atoms with Crippen LogP contribution >= 0.6 is 0 Å². The summed E-state index contributed by atoms with van der Waals surface area (Å²) in [6, 6.07) is 5.21. The Kier molecular flexibility index (Phi) is 5.21. The minimum atomic E-state index is 0.605. The van der Waals surface area contributed by atoms with E-state index in [1.807, 2.05) is 0 Å². The Morgan fingerprint density at radius 2 is 2.00 bits per heavy atom. The van der Waals surface area contributed by atoms with E-state index in [1.165, 1.54) is 19.3 Å². The molecule has 1 heterocycles. The van der Waals surface area contributed by atoms with Crippen LogP contribution in [-0.4, -0.2) is 44.5 Å². The lowest BCUT2D eigenvalue weighted by Gasteiger charge is -2.26. The first-order valence-corrected chi connectivity index (χ1v) is 6.82. The summed E-state index contributed by atoms with van der Waals surface area (Å²) in [6.45, 7) is 3.87. The third-order valence-corrected chi connectivity index (χ3v) is 3.44. The molecule has 0 atom stereocenters. The molecule has 104 valence electrons. The van der Waals surface area contributed by atoms with Gasteiger partial charge in [-0.15, -0.1) is 0 Å². The molecule has 2 rings (SSSR count). The smallest absolute Gasteiger partial charge is 0.161 e. The summed E-state index contributed by atoms with van der Waals surface area (Å²) in [5, 5.41) is 0. The van der Waals surface area contributed by atoms with Crippen LogP contribution in [0.2, 0.25) is 0 Å². The van der Waals surface area contributed by atoms with Crippen LogP contribution in [0.1, 0.15) is 29.6 Å². The van der Waals surface area contributed by atoms with E-state index in [2.05, 4.69) is 4.90 Å². The highest BCUT2D eigenvalue weighted by Gasteiger charge is 2.11. The number of carbonyl (C=O) groups excluding carboxylic acids is 1. The number of ether oxygens (including phenoxy) is 2. The first kappa shape index (κ1) is 13.9. The molecule has 0 radical (unpaired) electrons. The molecule has 0 N–H and O–H groups in total. The maximum Gasteiger partial charge on any atom is 0.161 e. The van der Waals surface area contributed by atoms with E-state index in [9.17, 15) is 4.79 Å². The third kappa shape index (κ3) is 3.96. The predicted molar refractivity (Wildman–Crippen MR) is 74.2 cm³/mol. The number of methoxy groups -OCH3 is 1. The average molecular weight is 263 g/mol. The highest BCUT2D eigenvalue weighted by molar-refractivity contribution is 5.76. The Balaban J connectivity index is 1.88. The van der Waals surface area contributed by atoms with E-state index >= 15 is 0 Å².